The van der Waals surface area contributed by atoms with E-state index < -0.39 is 24.0 Å². The van der Waals surface area contributed by atoms with E-state index in [2.05, 4.69) is 6.92 Å². The summed E-state index contributed by atoms with van der Waals surface area (Å²) in [6.45, 7) is 7.03. The Morgan fingerprint density at radius 2 is 1.26 bits per heavy atom. The fraction of sp³-hybridized carbons (Fsp3) is 0.846. The van der Waals surface area contributed by atoms with Crippen LogP contribution >= 0.6 is 43.2 Å². The van der Waals surface area contributed by atoms with E-state index in [-0.39, 0.29) is 23.7 Å². The summed E-state index contributed by atoms with van der Waals surface area (Å²) in [6.07, 6.45) is 8.46. The number of hydrogen-bond donors (Lipinski definition) is 2. The average molecular weight is 609 g/mol. The van der Waals surface area contributed by atoms with Gasteiger partial charge in [-0.3, -0.25) is 9.59 Å². The first-order valence-electron chi connectivity index (χ1n) is 13.8. The molecule has 8 nitrogen and oxygen atoms in total. The van der Waals surface area contributed by atoms with E-state index in [1.165, 1.54) is 35.5 Å². The van der Waals surface area contributed by atoms with Gasteiger partial charge in [-0.1, -0.05) is 89.6 Å². The average Bonchev–Trinajstić information content (AvgIpc) is 3.58. The molecule has 0 aromatic carbocycles. The first-order valence-corrected chi connectivity index (χ1v) is 18.6. The first kappa shape index (κ1) is 33.5. The molecule has 5 unspecified atom stereocenters. The summed E-state index contributed by atoms with van der Waals surface area (Å²) >= 11 is 0. The van der Waals surface area contributed by atoms with Crippen LogP contribution in [0.1, 0.15) is 78.6 Å². The van der Waals surface area contributed by atoms with E-state index in [0.29, 0.717) is 42.7 Å². The highest BCUT2D eigenvalue weighted by molar-refractivity contribution is 8.78. The maximum atomic E-state index is 12.8. The van der Waals surface area contributed by atoms with Gasteiger partial charge in [-0.05, 0) is 32.1 Å². The fourth-order valence-electron chi connectivity index (χ4n) is 4.75. The molecule has 2 amide bonds. The molecular weight excluding hydrogens is 565 g/mol. The van der Waals surface area contributed by atoms with E-state index in [1.54, 1.807) is 32.4 Å². The van der Waals surface area contributed by atoms with Crippen molar-refractivity contribution in [2.75, 3.05) is 30.3 Å². The predicted octanol–water partition coefficient (Wildman–Crippen LogP) is 5.51. The molecule has 0 spiro atoms. The molecule has 0 aliphatic carbocycles. The topological polar surface area (TPSA) is 115 Å². The quantitative estimate of drug-likeness (QED) is 0.152. The standard InChI is InChI=1S/C26H44N2O6S4/c1-4-5-6-7-10-20(38-37-16-19(3)24(30)28-14-9-12-22(28)26(33)34)17-36-35-15-18(2)23(29)27-13-8-11-21(27)25(31)32/h18-22H,4-17H2,1-3H3,(H,31,32)(H,33,34). The molecule has 2 N–H and O–H groups in total. The molecule has 218 valence electrons. The van der Waals surface area contributed by atoms with Gasteiger partial charge in [0.1, 0.15) is 12.1 Å². The van der Waals surface area contributed by atoms with Crippen molar-refractivity contribution in [2.24, 2.45) is 11.8 Å². The van der Waals surface area contributed by atoms with Gasteiger partial charge < -0.3 is 20.0 Å². The molecule has 2 aliphatic rings. The lowest BCUT2D eigenvalue weighted by Crippen LogP contribution is -2.43. The van der Waals surface area contributed by atoms with Gasteiger partial charge in [-0.15, -0.1) is 0 Å². The van der Waals surface area contributed by atoms with Crippen LogP contribution in [0.3, 0.4) is 0 Å². The van der Waals surface area contributed by atoms with Gasteiger partial charge in [-0.25, -0.2) is 9.59 Å². The lowest BCUT2D eigenvalue weighted by atomic mass is 10.1. The Morgan fingerprint density at radius 3 is 1.76 bits per heavy atom. The molecule has 0 aromatic rings. The van der Waals surface area contributed by atoms with Gasteiger partial charge in [0.2, 0.25) is 11.8 Å². The highest BCUT2D eigenvalue weighted by Crippen LogP contribution is 2.37. The maximum absolute atomic E-state index is 12.8. The van der Waals surface area contributed by atoms with Crippen LogP contribution in [-0.2, 0) is 19.2 Å². The van der Waals surface area contributed by atoms with Gasteiger partial charge in [0.25, 0.3) is 0 Å². The predicted molar refractivity (Wildman–Crippen MR) is 161 cm³/mol. The van der Waals surface area contributed by atoms with Crippen molar-refractivity contribution in [1.29, 1.82) is 0 Å². The van der Waals surface area contributed by atoms with Gasteiger partial charge in [0.05, 0.1) is 0 Å². The van der Waals surface area contributed by atoms with Crippen molar-refractivity contribution in [2.45, 2.75) is 95.9 Å². The molecule has 5 atom stereocenters. The van der Waals surface area contributed by atoms with Crippen molar-refractivity contribution in [3.05, 3.63) is 0 Å². The summed E-state index contributed by atoms with van der Waals surface area (Å²) in [5, 5.41) is 19.2. The number of hydrogen-bond acceptors (Lipinski definition) is 8. The molecule has 2 heterocycles. The number of rotatable bonds is 18. The third-order valence-electron chi connectivity index (χ3n) is 7.04. The van der Waals surface area contributed by atoms with Crippen molar-refractivity contribution < 1.29 is 29.4 Å². The molecule has 2 aliphatic heterocycles. The number of carbonyl (C=O) groups excluding carboxylic acids is 2. The van der Waals surface area contributed by atoms with Crippen LogP contribution in [0.25, 0.3) is 0 Å². The van der Waals surface area contributed by atoms with E-state index in [4.69, 9.17) is 0 Å². The Morgan fingerprint density at radius 1 is 0.763 bits per heavy atom. The van der Waals surface area contributed by atoms with Crippen LogP contribution in [0.5, 0.6) is 0 Å². The summed E-state index contributed by atoms with van der Waals surface area (Å²) < 4.78 is 0. The van der Waals surface area contributed by atoms with Crippen LogP contribution in [0, 0.1) is 11.8 Å². The SMILES string of the molecule is CCCCCCC(CSSCC(C)C(=O)N1CCCC1C(=O)O)SSCC(C)C(=O)N1CCCC1C(=O)O. The Hall–Kier alpha value is -0.720. The van der Waals surface area contributed by atoms with Gasteiger partial charge >= 0.3 is 11.9 Å². The normalized spacial score (nSPS) is 21.9. The number of carbonyl (C=O) groups is 4. The molecule has 2 fully saturated rings. The zero-order valence-corrected chi connectivity index (χ0v) is 26.1. The molecular formula is C26H44N2O6S4. The summed E-state index contributed by atoms with van der Waals surface area (Å²) in [7, 11) is 6.96. The lowest BCUT2D eigenvalue weighted by molar-refractivity contribution is -0.149. The summed E-state index contributed by atoms with van der Waals surface area (Å²) in [4.78, 5) is 51.5. The highest BCUT2D eigenvalue weighted by atomic mass is 33.1. The number of carboxylic acids is 2. The fourth-order valence-corrected chi connectivity index (χ4v) is 11.1. The number of carboxylic acid groups (broad SMARTS) is 2. The number of amides is 2. The smallest absolute Gasteiger partial charge is 0.326 e. The minimum atomic E-state index is -0.913. The molecule has 0 bridgehead atoms. The van der Waals surface area contributed by atoms with E-state index in [0.717, 1.165) is 25.0 Å². The third kappa shape index (κ3) is 10.7. The molecule has 0 aromatic heterocycles. The van der Waals surface area contributed by atoms with E-state index in [1.807, 2.05) is 24.6 Å². The highest BCUT2D eigenvalue weighted by Gasteiger charge is 2.37. The van der Waals surface area contributed by atoms with E-state index >= 15 is 0 Å². The second-order valence-electron chi connectivity index (χ2n) is 10.3. The van der Waals surface area contributed by atoms with Gasteiger partial charge in [0.15, 0.2) is 0 Å². The monoisotopic (exact) mass is 608 g/mol. The molecule has 0 radical (unpaired) electrons. The zero-order chi connectivity index (χ0) is 28.1. The third-order valence-corrected chi connectivity index (χ3v) is 13.0. The number of aliphatic carboxylic acids is 2. The zero-order valence-electron chi connectivity index (χ0n) is 22.8. The Labute approximate surface area is 243 Å². The molecule has 0 saturated carbocycles. The van der Waals surface area contributed by atoms with Crippen molar-refractivity contribution >= 4 is 66.9 Å². The van der Waals surface area contributed by atoms with Crippen LogP contribution in [0.4, 0.5) is 0 Å². The van der Waals surface area contributed by atoms with Gasteiger partial charge in [0, 0.05) is 47.4 Å². The van der Waals surface area contributed by atoms with Crippen LogP contribution in [0.15, 0.2) is 0 Å². The Bertz CT molecular complexity index is 789. The molecule has 2 saturated heterocycles. The maximum Gasteiger partial charge on any atom is 0.326 e. The summed E-state index contributed by atoms with van der Waals surface area (Å²) in [6, 6.07) is -1.37. The second-order valence-corrected chi connectivity index (χ2v) is 15.5. The van der Waals surface area contributed by atoms with Crippen LogP contribution in [-0.4, -0.2) is 91.4 Å². The lowest BCUT2D eigenvalue weighted by Gasteiger charge is -2.25. The van der Waals surface area contributed by atoms with Crippen molar-refractivity contribution in [3.8, 4) is 0 Å². The number of likely N-dealkylation sites (tertiary alicyclic amines) is 2. The first-order chi connectivity index (χ1) is 18.2. The Balaban J connectivity index is 1.76. The van der Waals surface area contributed by atoms with Crippen molar-refractivity contribution in [3.63, 3.8) is 0 Å². The largest absolute Gasteiger partial charge is 0.480 e. The van der Waals surface area contributed by atoms with Crippen LogP contribution in [0.2, 0.25) is 0 Å². The molecule has 38 heavy (non-hydrogen) atoms. The Kier molecular flexibility index (Phi) is 15.7. The van der Waals surface area contributed by atoms with Crippen molar-refractivity contribution in [1.82, 2.24) is 9.80 Å². The van der Waals surface area contributed by atoms with Crippen LogP contribution < -0.4 is 0 Å². The second kappa shape index (κ2) is 17.9. The minimum absolute atomic E-state index is 0.0609. The van der Waals surface area contributed by atoms with E-state index in [9.17, 15) is 29.4 Å². The summed E-state index contributed by atoms with van der Waals surface area (Å²) in [5.41, 5.74) is 0. The minimum Gasteiger partial charge on any atom is -0.480 e. The molecule has 12 heteroatoms. The number of unbranched alkanes of at least 4 members (excludes halogenated alkanes) is 3. The summed E-state index contributed by atoms with van der Waals surface area (Å²) in [5.74, 6) is -0.145. The van der Waals surface area contributed by atoms with Gasteiger partial charge in [-0.2, -0.15) is 0 Å². The number of nitrogens with zero attached hydrogens (tertiary/aromatic N) is 2. The molecule has 2 rings (SSSR count).